The van der Waals surface area contributed by atoms with Crippen molar-refractivity contribution in [3.05, 3.63) is 34.3 Å². The first-order valence-corrected chi connectivity index (χ1v) is 5.80. The molecule has 98 valence electrons. The van der Waals surface area contributed by atoms with Crippen molar-refractivity contribution in [3.63, 3.8) is 0 Å². The molecule has 0 radical (unpaired) electrons. The Morgan fingerprint density at radius 2 is 1.84 bits per heavy atom. The van der Waals surface area contributed by atoms with Crippen LogP contribution in [0.15, 0.2) is 28.7 Å². The molecule has 2 unspecified atom stereocenters. The van der Waals surface area contributed by atoms with Crippen LogP contribution in [0.3, 0.4) is 0 Å². The molecule has 0 heterocycles. The SMILES string of the molecule is O=C(O)CNC(c1ccc(Br)cc1)C(O)C(=O)[O-].[K+]. The summed E-state index contributed by atoms with van der Waals surface area (Å²) in [4.78, 5) is 21.1. The zero-order valence-electron chi connectivity index (χ0n) is 10.2. The second-order valence-electron chi connectivity index (χ2n) is 3.57. The Labute approximate surface area is 160 Å². The number of benzene rings is 1. The molecule has 0 spiro atoms. The zero-order chi connectivity index (χ0) is 13.7. The van der Waals surface area contributed by atoms with Crippen LogP contribution in [0.5, 0.6) is 0 Å². The summed E-state index contributed by atoms with van der Waals surface area (Å²) in [6.07, 6.45) is -1.83. The van der Waals surface area contributed by atoms with Crippen LogP contribution >= 0.6 is 15.9 Å². The molecule has 3 N–H and O–H groups in total. The van der Waals surface area contributed by atoms with Crippen LogP contribution in [0.25, 0.3) is 0 Å². The number of carbonyl (C=O) groups excluding carboxylic acids is 1. The molecular formula is C11H11BrKNO5. The number of aliphatic carboxylic acids is 2. The Balaban J connectivity index is 0.00000324. The quantitative estimate of drug-likeness (QED) is 0.453. The predicted molar refractivity (Wildman–Crippen MR) is 63.5 cm³/mol. The van der Waals surface area contributed by atoms with Crippen LogP contribution in [-0.2, 0) is 9.59 Å². The summed E-state index contributed by atoms with van der Waals surface area (Å²) in [7, 11) is 0. The van der Waals surface area contributed by atoms with Crippen molar-refractivity contribution in [2.24, 2.45) is 0 Å². The van der Waals surface area contributed by atoms with Gasteiger partial charge >= 0.3 is 57.4 Å². The van der Waals surface area contributed by atoms with Gasteiger partial charge in [0.25, 0.3) is 0 Å². The van der Waals surface area contributed by atoms with Crippen molar-refractivity contribution in [2.45, 2.75) is 12.1 Å². The third-order valence-corrected chi connectivity index (χ3v) is 2.79. The van der Waals surface area contributed by atoms with Gasteiger partial charge in [0.1, 0.15) is 6.10 Å². The van der Waals surface area contributed by atoms with E-state index in [0.717, 1.165) is 4.47 Å². The maximum atomic E-state index is 10.7. The third kappa shape index (κ3) is 6.45. The minimum Gasteiger partial charge on any atom is -0.547 e. The molecule has 0 saturated carbocycles. The van der Waals surface area contributed by atoms with Crippen LogP contribution in [0.4, 0.5) is 0 Å². The second kappa shape index (κ2) is 9.19. The minimum atomic E-state index is -1.83. The van der Waals surface area contributed by atoms with Crippen LogP contribution in [0.2, 0.25) is 0 Å². The van der Waals surface area contributed by atoms with E-state index in [9.17, 15) is 19.8 Å². The Bertz CT molecular complexity index is 439. The standard InChI is InChI=1S/C11H12BrNO5.K/c12-7-3-1-6(2-4-7)9(10(16)11(17)18)13-5-8(14)15;/h1-4,9-10,13,16H,5H2,(H,14,15)(H,17,18);/q;+1/p-1. The summed E-state index contributed by atoms with van der Waals surface area (Å²) in [5.41, 5.74) is 0.455. The topological polar surface area (TPSA) is 110 Å². The number of carbonyl (C=O) groups is 2. The molecule has 1 rings (SSSR count). The fourth-order valence-corrected chi connectivity index (χ4v) is 1.68. The summed E-state index contributed by atoms with van der Waals surface area (Å²) in [5.74, 6) is -2.82. The van der Waals surface area contributed by atoms with Crippen LogP contribution < -0.4 is 61.8 Å². The van der Waals surface area contributed by atoms with Crippen molar-refractivity contribution in [1.82, 2.24) is 5.32 Å². The molecule has 0 aromatic heterocycles. The number of hydrogen-bond donors (Lipinski definition) is 3. The Hall–Kier alpha value is 0.196. The first-order valence-electron chi connectivity index (χ1n) is 5.01. The molecule has 0 amide bonds. The van der Waals surface area contributed by atoms with Gasteiger partial charge in [-0.25, -0.2) is 0 Å². The molecule has 2 atom stereocenters. The third-order valence-electron chi connectivity index (χ3n) is 2.26. The molecule has 1 aromatic carbocycles. The van der Waals surface area contributed by atoms with Gasteiger partial charge in [0.05, 0.1) is 18.6 Å². The molecule has 0 aliphatic carbocycles. The van der Waals surface area contributed by atoms with E-state index in [-0.39, 0.29) is 51.4 Å². The molecule has 0 bridgehead atoms. The summed E-state index contributed by atoms with van der Waals surface area (Å²) in [6.45, 7) is -0.467. The van der Waals surface area contributed by atoms with Gasteiger partial charge in [-0.05, 0) is 17.7 Å². The number of hydrogen-bond acceptors (Lipinski definition) is 5. The molecule has 0 fully saturated rings. The molecule has 0 saturated heterocycles. The largest absolute Gasteiger partial charge is 1.00 e. The van der Waals surface area contributed by atoms with Crippen molar-refractivity contribution in [3.8, 4) is 0 Å². The fraction of sp³-hybridized carbons (Fsp3) is 0.273. The van der Waals surface area contributed by atoms with Crippen molar-refractivity contribution >= 4 is 27.9 Å². The van der Waals surface area contributed by atoms with E-state index >= 15 is 0 Å². The Kier molecular flexibility index (Phi) is 9.29. The molecule has 0 aliphatic rings. The van der Waals surface area contributed by atoms with Gasteiger partial charge < -0.3 is 20.1 Å². The Morgan fingerprint density at radius 3 is 2.26 bits per heavy atom. The van der Waals surface area contributed by atoms with Crippen molar-refractivity contribution in [2.75, 3.05) is 6.54 Å². The molecule has 19 heavy (non-hydrogen) atoms. The second-order valence-corrected chi connectivity index (χ2v) is 4.48. The van der Waals surface area contributed by atoms with Crippen LogP contribution in [-0.4, -0.2) is 34.8 Å². The normalized spacial score (nSPS) is 13.2. The van der Waals surface area contributed by atoms with E-state index in [4.69, 9.17) is 5.11 Å². The van der Waals surface area contributed by atoms with E-state index < -0.39 is 30.6 Å². The number of aliphatic hydroxyl groups is 1. The summed E-state index contributed by atoms with van der Waals surface area (Å²) < 4.78 is 0.783. The fourth-order valence-electron chi connectivity index (χ4n) is 1.42. The predicted octanol–water partition coefficient (Wildman–Crippen LogP) is -3.72. The monoisotopic (exact) mass is 355 g/mol. The summed E-state index contributed by atoms with van der Waals surface area (Å²) in [6, 6.07) is 5.43. The molecule has 1 aromatic rings. The zero-order valence-corrected chi connectivity index (χ0v) is 14.9. The minimum absolute atomic E-state index is 0. The van der Waals surface area contributed by atoms with Gasteiger partial charge in [0, 0.05) is 4.47 Å². The first-order chi connectivity index (χ1) is 8.41. The number of aliphatic hydroxyl groups excluding tert-OH is 1. The van der Waals surface area contributed by atoms with E-state index in [1.807, 2.05) is 0 Å². The van der Waals surface area contributed by atoms with E-state index in [0.29, 0.717) is 5.56 Å². The first kappa shape index (κ1) is 19.2. The van der Waals surface area contributed by atoms with Gasteiger partial charge in [-0.1, -0.05) is 28.1 Å². The van der Waals surface area contributed by atoms with Crippen molar-refractivity contribution in [1.29, 1.82) is 0 Å². The van der Waals surface area contributed by atoms with Crippen molar-refractivity contribution < 1.29 is 76.3 Å². The number of halogens is 1. The van der Waals surface area contributed by atoms with Gasteiger partial charge in [0.2, 0.25) is 0 Å². The molecular weight excluding hydrogens is 345 g/mol. The molecule has 6 nitrogen and oxygen atoms in total. The van der Waals surface area contributed by atoms with Gasteiger partial charge in [-0.3, -0.25) is 10.1 Å². The smallest absolute Gasteiger partial charge is 0.547 e. The average Bonchev–Trinajstić information content (AvgIpc) is 2.30. The van der Waals surface area contributed by atoms with Crippen LogP contribution in [0.1, 0.15) is 11.6 Å². The van der Waals surface area contributed by atoms with Gasteiger partial charge in [-0.2, -0.15) is 0 Å². The number of nitrogens with one attached hydrogen (secondary N) is 1. The molecule has 8 heteroatoms. The van der Waals surface area contributed by atoms with E-state index in [1.165, 1.54) is 0 Å². The summed E-state index contributed by atoms with van der Waals surface area (Å²) in [5, 5.41) is 31.2. The van der Waals surface area contributed by atoms with Crippen LogP contribution in [0, 0.1) is 0 Å². The van der Waals surface area contributed by atoms with Gasteiger partial charge in [-0.15, -0.1) is 0 Å². The van der Waals surface area contributed by atoms with Gasteiger partial charge in [0.15, 0.2) is 0 Å². The maximum absolute atomic E-state index is 10.7. The number of rotatable bonds is 6. The summed E-state index contributed by atoms with van der Waals surface area (Å²) >= 11 is 3.22. The van der Waals surface area contributed by atoms with E-state index in [2.05, 4.69) is 21.2 Å². The maximum Gasteiger partial charge on any atom is 1.00 e. The van der Waals surface area contributed by atoms with E-state index in [1.54, 1.807) is 24.3 Å². The average molecular weight is 356 g/mol. The number of carboxylic acids is 2. The Morgan fingerprint density at radius 1 is 1.32 bits per heavy atom. The number of carboxylic acid groups (broad SMARTS) is 2. The molecule has 0 aliphatic heterocycles.